The molecule has 0 aliphatic carbocycles. The Morgan fingerprint density at radius 1 is 1.33 bits per heavy atom. The molecule has 1 unspecified atom stereocenters. The number of hydrogen-bond acceptors (Lipinski definition) is 2. The molecule has 1 N–H and O–H groups in total. The number of carbonyl (C=O) groups is 1. The lowest BCUT2D eigenvalue weighted by molar-refractivity contribution is -0.121. The Hall–Kier alpha value is -1.51. The Labute approximate surface area is 110 Å². The van der Waals surface area contributed by atoms with E-state index in [2.05, 4.69) is 12.2 Å². The van der Waals surface area contributed by atoms with E-state index in [-0.39, 0.29) is 11.9 Å². The summed E-state index contributed by atoms with van der Waals surface area (Å²) in [5, 5.41) is 3.09. The van der Waals surface area contributed by atoms with Gasteiger partial charge in [0.1, 0.15) is 5.75 Å². The highest BCUT2D eigenvalue weighted by molar-refractivity contribution is 5.76. The zero-order chi connectivity index (χ0) is 13.4. The van der Waals surface area contributed by atoms with Crippen molar-refractivity contribution in [3.05, 3.63) is 29.8 Å². The van der Waals surface area contributed by atoms with Gasteiger partial charge in [-0.25, -0.2) is 0 Å². The molecule has 0 saturated carbocycles. The third kappa shape index (κ3) is 4.40. The maximum absolute atomic E-state index is 11.7. The molecule has 100 valence electrons. The summed E-state index contributed by atoms with van der Waals surface area (Å²) in [6.07, 6.45) is 3.45. The minimum atomic E-state index is 0.0872. The van der Waals surface area contributed by atoms with Crippen molar-refractivity contribution in [1.82, 2.24) is 5.32 Å². The van der Waals surface area contributed by atoms with Crippen LogP contribution in [0.15, 0.2) is 24.3 Å². The van der Waals surface area contributed by atoms with Crippen molar-refractivity contribution in [3.63, 3.8) is 0 Å². The molecular formula is C15H23NO2. The Bertz CT molecular complexity index is 377. The third-order valence-electron chi connectivity index (χ3n) is 2.89. The average molecular weight is 249 g/mol. The topological polar surface area (TPSA) is 38.3 Å². The molecule has 0 bridgehead atoms. The molecule has 18 heavy (non-hydrogen) atoms. The number of amides is 1. The molecule has 3 heteroatoms. The number of rotatable bonds is 7. The third-order valence-corrected chi connectivity index (χ3v) is 2.89. The molecule has 1 atom stereocenters. The van der Waals surface area contributed by atoms with Gasteiger partial charge in [-0.1, -0.05) is 32.4 Å². The summed E-state index contributed by atoms with van der Waals surface area (Å²) in [7, 11) is 1.66. The van der Waals surface area contributed by atoms with E-state index >= 15 is 0 Å². The number of methoxy groups -OCH3 is 1. The van der Waals surface area contributed by atoms with Crippen molar-refractivity contribution in [2.45, 2.75) is 45.6 Å². The summed E-state index contributed by atoms with van der Waals surface area (Å²) >= 11 is 0. The molecule has 0 fully saturated rings. The van der Waals surface area contributed by atoms with Crippen LogP contribution in [0.25, 0.3) is 0 Å². The average Bonchev–Trinajstić information content (AvgIpc) is 2.38. The predicted molar refractivity (Wildman–Crippen MR) is 73.7 cm³/mol. The fraction of sp³-hybridized carbons (Fsp3) is 0.533. The number of benzene rings is 1. The maximum atomic E-state index is 11.7. The number of nitrogens with one attached hydrogen (secondary N) is 1. The van der Waals surface area contributed by atoms with Gasteiger partial charge in [-0.05, 0) is 30.5 Å². The van der Waals surface area contributed by atoms with Crippen LogP contribution >= 0.6 is 0 Å². The maximum Gasteiger partial charge on any atom is 0.220 e. The van der Waals surface area contributed by atoms with Crippen LogP contribution in [0.3, 0.4) is 0 Å². The smallest absolute Gasteiger partial charge is 0.220 e. The van der Waals surface area contributed by atoms with E-state index < -0.39 is 0 Å². The lowest BCUT2D eigenvalue weighted by Crippen LogP contribution is -2.28. The molecule has 1 aromatic rings. The van der Waals surface area contributed by atoms with Gasteiger partial charge in [0.25, 0.3) is 0 Å². The summed E-state index contributed by atoms with van der Waals surface area (Å²) in [6, 6.07) is 7.99. The van der Waals surface area contributed by atoms with Gasteiger partial charge in [0, 0.05) is 6.42 Å². The molecular weight excluding hydrogens is 226 g/mol. The van der Waals surface area contributed by atoms with E-state index in [1.807, 2.05) is 31.2 Å². The highest BCUT2D eigenvalue weighted by Crippen LogP contribution is 2.22. The molecule has 0 heterocycles. The van der Waals surface area contributed by atoms with Gasteiger partial charge in [0.05, 0.1) is 13.2 Å². The molecule has 0 saturated heterocycles. The van der Waals surface area contributed by atoms with Gasteiger partial charge in [0.15, 0.2) is 0 Å². The van der Waals surface area contributed by atoms with E-state index in [0.717, 1.165) is 30.6 Å². The molecule has 1 amide bonds. The second-order valence-electron chi connectivity index (χ2n) is 4.44. The largest absolute Gasteiger partial charge is 0.497 e. The summed E-state index contributed by atoms with van der Waals surface area (Å²) in [4.78, 5) is 11.7. The van der Waals surface area contributed by atoms with Crippen LogP contribution in [-0.2, 0) is 4.79 Å². The Kier molecular flexibility index (Phi) is 6.26. The number of ether oxygens (including phenoxy) is 1. The molecule has 0 spiro atoms. The van der Waals surface area contributed by atoms with E-state index in [9.17, 15) is 4.79 Å². The second-order valence-corrected chi connectivity index (χ2v) is 4.44. The summed E-state index contributed by atoms with van der Waals surface area (Å²) in [5.74, 6) is 0.956. The quantitative estimate of drug-likeness (QED) is 0.803. The SMILES string of the molecule is CCCC(=O)NC(CCC)c1cccc(OC)c1. The van der Waals surface area contributed by atoms with Gasteiger partial charge >= 0.3 is 0 Å². The standard InChI is InChI=1S/C15H23NO2/c1-4-7-14(16-15(17)8-5-2)12-9-6-10-13(11-12)18-3/h6,9-11,14H,4-5,7-8H2,1-3H3,(H,16,17). The lowest BCUT2D eigenvalue weighted by atomic mass is 10.0. The normalized spacial score (nSPS) is 11.9. The Balaban J connectivity index is 2.79. The zero-order valence-electron chi connectivity index (χ0n) is 11.5. The van der Waals surface area contributed by atoms with Gasteiger partial charge in [-0.3, -0.25) is 4.79 Å². The minimum Gasteiger partial charge on any atom is -0.497 e. The highest BCUT2D eigenvalue weighted by Gasteiger charge is 2.13. The predicted octanol–water partition coefficient (Wildman–Crippen LogP) is 3.45. The van der Waals surface area contributed by atoms with E-state index in [1.165, 1.54) is 0 Å². The van der Waals surface area contributed by atoms with Gasteiger partial charge in [-0.2, -0.15) is 0 Å². The molecule has 0 aromatic heterocycles. The van der Waals surface area contributed by atoms with Crippen molar-refractivity contribution in [2.75, 3.05) is 7.11 Å². The van der Waals surface area contributed by atoms with E-state index in [4.69, 9.17) is 4.74 Å². The first-order chi connectivity index (χ1) is 8.71. The van der Waals surface area contributed by atoms with Crippen LogP contribution in [0.1, 0.15) is 51.1 Å². The molecule has 1 rings (SSSR count). The van der Waals surface area contributed by atoms with Crippen molar-refractivity contribution in [1.29, 1.82) is 0 Å². The van der Waals surface area contributed by atoms with Crippen LogP contribution in [0, 0.1) is 0 Å². The zero-order valence-corrected chi connectivity index (χ0v) is 11.5. The van der Waals surface area contributed by atoms with Crippen LogP contribution in [0.5, 0.6) is 5.75 Å². The van der Waals surface area contributed by atoms with E-state index in [1.54, 1.807) is 7.11 Å². The molecule has 1 aromatic carbocycles. The van der Waals surface area contributed by atoms with Crippen LogP contribution in [0.2, 0.25) is 0 Å². The molecule has 0 aliphatic rings. The summed E-state index contributed by atoms with van der Waals surface area (Å²) < 4.78 is 5.22. The van der Waals surface area contributed by atoms with Crippen LogP contribution < -0.4 is 10.1 Å². The summed E-state index contributed by atoms with van der Waals surface area (Å²) in [6.45, 7) is 4.14. The first-order valence-corrected chi connectivity index (χ1v) is 6.64. The van der Waals surface area contributed by atoms with Crippen molar-refractivity contribution in [2.24, 2.45) is 0 Å². The Morgan fingerprint density at radius 3 is 2.72 bits per heavy atom. The first kappa shape index (κ1) is 14.6. The fourth-order valence-electron chi connectivity index (χ4n) is 1.96. The fourth-order valence-corrected chi connectivity index (χ4v) is 1.96. The molecule has 0 radical (unpaired) electrons. The monoisotopic (exact) mass is 249 g/mol. The number of hydrogen-bond donors (Lipinski definition) is 1. The van der Waals surface area contributed by atoms with Crippen LogP contribution in [0.4, 0.5) is 0 Å². The van der Waals surface area contributed by atoms with E-state index in [0.29, 0.717) is 6.42 Å². The second kappa shape index (κ2) is 7.75. The molecule has 0 aliphatic heterocycles. The Morgan fingerprint density at radius 2 is 2.11 bits per heavy atom. The van der Waals surface area contributed by atoms with Crippen molar-refractivity contribution < 1.29 is 9.53 Å². The first-order valence-electron chi connectivity index (χ1n) is 6.64. The number of carbonyl (C=O) groups excluding carboxylic acids is 1. The minimum absolute atomic E-state index is 0.0872. The van der Waals surface area contributed by atoms with Crippen molar-refractivity contribution in [3.8, 4) is 5.75 Å². The lowest BCUT2D eigenvalue weighted by Gasteiger charge is -2.19. The molecule has 3 nitrogen and oxygen atoms in total. The van der Waals surface area contributed by atoms with Crippen molar-refractivity contribution >= 4 is 5.91 Å². The van der Waals surface area contributed by atoms with Crippen LogP contribution in [-0.4, -0.2) is 13.0 Å². The highest BCUT2D eigenvalue weighted by atomic mass is 16.5. The van der Waals surface area contributed by atoms with Gasteiger partial charge in [0.2, 0.25) is 5.91 Å². The summed E-state index contributed by atoms with van der Waals surface area (Å²) in [5.41, 5.74) is 1.11. The van der Waals surface area contributed by atoms with Gasteiger partial charge < -0.3 is 10.1 Å². The van der Waals surface area contributed by atoms with Gasteiger partial charge in [-0.15, -0.1) is 0 Å².